The van der Waals surface area contributed by atoms with Gasteiger partial charge in [0.2, 0.25) is 0 Å². The molecule has 0 aromatic heterocycles. The minimum Gasteiger partial charge on any atom is -0.492 e. The van der Waals surface area contributed by atoms with E-state index < -0.39 is 0 Å². The molecule has 0 unspecified atom stereocenters. The van der Waals surface area contributed by atoms with E-state index in [0.29, 0.717) is 12.4 Å². The maximum absolute atomic E-state index is 8.37. The standard InChI is InChI=1S/C21H26ClN3O.2ClH/c1-16-14-19(15-17(2)20(16)22)26-13-12-24-8-10-25(11-9-24)21(23)18-6-4-3-5-7-18;;/h3-7,14-15,23H,8-13H2,1-2H3;2*1H. The minimum atomic E-state index is 0. The van der Waals surface area contributed by atoms with Gasteiger partial charge in [-0.1, -0.05) is 41.9 Å². The first-order chi connectivity index (χ1) is 12.5. The van der Waals surface area contributed by atoms with Crippen molar-refractivity contribution in [2.24, 2.45) is 0 Å². The summed E-state index contributed by atoms with van der Waals surface area (Å²) in [7, 11) is 0. The lowest BCUT2D eigenvalue weighted by atomic mass is 10.1. The third-order valence-corrected chi connectivity index (χ3v) is 5.42. The quantitative estimate of drug-likeness (QED) is 0.531. The van der Waals surface area contributed by atoms with Gasteiger partial charge in [-0.05, 0) is 37.1 Å². The van der Waals surface area contributed by atoms with Gasteiger partial charge in [0.25, 0.3) is 0 Å². The Morgan fingerprint density at radius 3 is 2.14 bits per heavy atom. The summed E-state index contributed by atoms with van der Waals surface area (Å²) >= 11 is 6.20. The van der Waals surface area contributed by atoms with E-state index in [1.54, 1.807) is 0 Å². The number of benzene rings is 2. The molecule has 0 spiro atoms. The second kappa shape index (κ2) is 11.5. The van der Waals surface area contributed by atoms with Crippen molar-refractivity contribution >= 4 is 42.3 Å². The van der Waals surface area contributed by atoms with Crippen molar-refractivity contribution < 1.29 is 4.74 Å². The van der Waals surface area contributed by atoms with Crippen LogP contribution >= 0.6 is 36.4 Å². The first-order valence-corrected chi connectivity index (χ1v) is 9.43. The van der Waals surface area contributed by atoms with Crippen molar-refractivity contribution in [3.63, 3.8) is 0 Å². The van der Waals surface area contributed by atoms with Gasteiger partial charge in [-0.2, -0.15) is 0 Å². The Morgan fingerprint density at radius 2 is 1.57 bits per heavy atom. The molecular weight excluding hydrogens is 417 g/mol. The van der Waals surface area contributed by atoms with Crippen molar-refractivity contribution in [3.05, 3.63) is 64.2 Å². The number of piperazine rings is 1. The van der Waals surface area contributed by atoms with E-state index in [9.17, 15) is 0 Å². The van der Waals surface area contributed by atoms with E-state index in [0.717, 1.165) is 60.2 Å². The maximum Gasteiger partial charge on any atom is 0.128 e. The van der Waals surface area contributed by atoms with Crippen LogP contribution in [0, 0.1) is 19.3 Å². The summed E-state index contributed by atoms with van der Waals surface area (Å²) in [5.41, 5.74) is 3.09. The zero-order valence-corrected chi connectivity index (χ0v) is 18.7. The molecule has 0 saturated carbocycles. The van der Waals surface area contributed by atoms with Gasteiger partial charge < -0.3 is 9.64 Å². The molecular formula is C21H28Cl3N3O. The molecule has 0 radical (unpaired) electrons. The van der Waals surface area contributed by atoms with Crippen LogP contribution in [0.15, 0.2) is 42.5 Å². The van der Waals surface area contributed by atoms with Crippen molar-refractivity contribution in [2.45, 2.75) is 13.8 Å². The minimum absolute atomic E-state index is 0. The van der Waals surface area contributed by atoms with Gasteiger partial charge in [0.15, 0.2) is 0 Å². The fourth-order valence-electron chi connectivity index (χ4n) is 3.26. The fourth-order valence-corrected chi connectivity index (χ4v) is 3.36. The van der Waals surface area contributed by atoms with E-state index in [1.807, 2.05) is 56.3 Å². The van der Waals surface area contributed by atoms with Crippen LogP contribution in [0.4, 0.5) is 0 Å². The van der Waals surface area contributed by atoms with Gasteiger partial charge in [-0.15, -0.1) is 24.8 Å². The number of aryl methyl sites for hydroxylation is 2. The molecule has 0 atom stereocenters. The lowest BCUT2D eigenvalue weighted by Gasteiger charge is -2.36. The third kappa shape index (κ3) is 6.28. The summed E-state index contributed by atoms with van der Waals surface area (Å²) in [4.78, 5) is 4.54. The van der Waals surface area contributed by atoms with E-state index in [1.165, 1.54) is 0 Å². The Kier molecular flexibility index (Phi) is 10.1. The van der Waals surface area contributed by atoms with Crippen molar-refractivity contribution in [3.8, 4) is 5.75 Å². The molecule has 28 heavy (non-hydrogen) atoms. The smallest absolute Gasteiger partial charge is 0.128 e. The summed E-state index contributed by atoms with van der Waals surface area (Å²) < 4.78 is 5.91. The summed E-state index contributed by atoms with van der Waals surface area (Å²) in [5, 5.41) is 9.18. The first kappa shape index (κ1) is 24.6. The Balaban J connectivity index is 0.00000196. The van der Waals surface area contributed by atoms with Crippen LogP contribution in [-0.2, 0) is 0 Å². The number of hydrogen-bond donors (Lipinski definition) is 1. The van der Waals surface area contributed by atoms with Crippen molar-refractivity contribution in [1.82, 2.24) is 9.80 Å². The molecule has 4 nitrogen and oxygen atoms in total. The molecule has 1 aliphatic heterocycles. The largest absolute Gasteiger partial charge is 0.492 e. The zero-order chi connectivity index (χ0) is 18.5. The zero-order valence-electron chi connectivity index (χ0n) is 16.3. The van der Waals surface area contributed by atoms with Gasteiger partial charge in [0.1, 0.15) is 18.2 Å². The fraction of sp³-hybridized carbons (Fsp3) is 0.381. The highest BCUT2D eigenvalue weighted by Crippen LogP contribution is 2.25. The predicted molar refractivity (Wildman–Crippen MR) is 122 cm³/mol. The summed E-state index contributed by atoms with van der Waals surface area (Å²) in [6.45, 7) is 9.24. The number of nitrogens with one attached hydrogen (secondary N) is 1. The molecule has 0 amide bonds. The number of rotatable bonds is 5. The number of hydrogen-bond acceptors (Lipinski definition) is 3. The van der Waals surface area contributed by atoms with Crippen LogP contribution in [0.2, 0.25) is 5.02 Å². The Morgan fingerprint density at radius 1 is 1.00 bits per heavy atom. The summed E-state index contributed by atoms with van der Waals surface area (Å²) in [6.07, 6.45) is 0. The molecule has 1 fully saturated rings. The second-order valence-corrected chi connectivity index (χ2v) is 7.14. The third-order valence-electron chi connectivity index (χ3n) is 4.82. The van der Waals surface area contributed by atoms with Gasteiger partial charge >= 0.3 is 0 Å². The van der Waals surface area contributed by atoms with Gasteiger partial charge in [0.05, 0.1) is 0 Å². The van der Waals surface area contributed by atoms with Gasteiger partial charge in [-0.3, -0.25) is 10.3 Å². The molecule has 3 rings (SSSR count). The molecule has 154 valence electrons. The maximum atomic E-state index is 8.37. The number of halogens is 3. The number of ether oxygens (including phenoxy) is 1. The van der Waals surface area contributed by atoms with E-state index >= 15 is 0 Å². The van der Waals surface area contributed by atoms with Crippen molar-refractivity contribution in [1.29, 1.82) is 5.41 Å². The van der Waals surface area contributed by atoms with Crippen molar-refractivity contribution in [2.75, 3.05) is 39.3 Å². The first-order valence-electron chi connectivity index (χ1n) is 9.05. The molecule has 1 saturated heterocycles. The molecule has 1 aliphatic rings. The molecule has 1 heterocycles. The molecule has 7 heteroatoms. The van der Waals surface area contributed by atoms with Crippen LogP contribution in [-0.4, -0.2) is 55.0 Å². The number of amidine groups is 1. The SMILES string of the molecule is Cc1cc(OCCN2CCN(C(=N)c3ccccc3)CC2)cc(C)c1Cl.Cl.Cl. The highest BCUT2D eigenvalue weighted by Gasteiger charge is 2.19. The lowest BCUT2D eigenvalue weighted by molar-refractivity contribution is 0.154. The average Bonchev–Trinajstić information content (AvgIpc) is 2.67. The second-order valence-electron chi connectivity index (χ2n) is 6.76. The highest BCUT2D eigenvalue weighted by molar-refractivity contribution is 6.32. The van der Waals surface area contributed by atoms with E-state index in [-0.39, 0.29) is 24.8 Å². The molecule has 2 aromatic carbocycles. The molecule has 1 N–H and O–H groups in total. The summed E-state index contributed by atoms with van der Waals surface area (Å²) in [6, 6.07) is 13.9. The average molecular weight is 445 g/mol. The Hall–Kier alpha value is -1.46. The monoisotopic (exact) mass is 443 g/mol. The van der Waals surface area contributed by atoms with Gasteiger partial charge in [0, 0.05) is 43.3 Å². The van der Waals surface area contributed by atoms with E-state index in [4.69, 9.17) is 21.7 Å². The molecule has 0 aliphatic carbocycles. The van der Waals surface area contributed by atoms with Crippen LogP contribution in [0.5, 0.6) is 5.75 Å². The topological polar surface area (TPSA) is 39.6 Å². The Labute approximate surface area is 185 Å². The lowest BCUT2D eigenvalue weighted by Crippen LogP contribution is -2.49. The van der Waals surface area contributed by atoms with Crippen LogP contribution in [0.25, 0.3) is 0 Å². The normalized spacial score (nSPS) is 14.0. The summed E-state index contributed by atoms with van der Waals surface area (Å²) in [5.74, 6) is 1.50. The van der Waals surface area contributed by atoms with Gasteiger partial charge in [-0.25, -0.2) is 0 Å². The van der Waals surface area contributed by atoms with E-state index in [2.05, 4.69) is 9.80 Å². The molecule has 0 bridgehead atoms. The molecule has 2 aromatic rings. The van der Waals surface area contributed by atoms with Crippen LogP contribution in [0.1, 0.15) is 16.7 Å². The number of nitrogens with zero attached hydrogens (tertiary/aromatic N) is 2. The Bertz CT molecular complexity index is 740. The predicted octanol–water partition coefficient (Wildman–Crippen LogP) is 4.82. The highest BCUT2D eigenvalue weighted by atomic mass is 35.5. The van der Waals surface area contributed by atoms with Crippen LogP contribution < -0.4 is 4.74 Å². The van der Waals surface area contributed by atoms with Crippen LogP contribution in [0.3, 0.4) is 0 Å².